The minimum Gasteiger partial charge on any atom is -0.496 e. The van der Waals surface area contributed by atoms with Gasteiger partial charge >= 0.3 is 19.2 Å². The van der Waals surface area contributed by atoms with E-state index in [0.29, 0.717) is 28.8 Å². The number of carboxylic acid groups (broad SMARTS) is 1. The molecule has 5 atom stereocenters. The van der Waals surface area contributed by atoms with E-state index in [1.807, 2.05) is 0 Å². The van der Waals surface area contributed by atoms with Gasteiger partial charge in [0.2, 0.25) is 5.91 Å². The van der Waals surface area contributed by atoms with Gasteiger partial charge in [0.1, 0.15) is 16.9 Å². The van der Waals surface area contributed by atoms with E-state index in [1.165, 1.54) is 13.2 Å². The van der Waals surface area contributed by atoms with Crippen LogP contribution in [0.2, 0.25) is 0 Å². The Morgan fingerprint density at radius 2 is 1.82 bits per heavy atom. The fraction of sp³-hybridized carbons (Fsp3) is 0.576. The van der Waals surface area contributed by atoms with Crippen LogP contribution in [-0.4, -0.2) is 65.5 Å². The first kappa shape index (κ1) is 32.7. The topological polar surface area (TPSA) is 145 Å². The summed E-state index contributed by atoms with van der Waals surface area (Å²) in [6.07, 6.45) is 1.55. The molecule has 1 aromatic heterocycles. The van der Waals surface area contributed by atoms with Gasteiger partial charge in [0.25, 0.3) is 0 Å². The Balaban J connectivity index is 1.33. The number of carboxylic acids is 1. The van der Waals surface area contributed by atoms with Crippen molar-refractivity contribution in [3.63, 3.8) is 0 Å². The number of alkyl carbamates (subject to hydrolysis) is 1. The average Bonchev–Trinajstić information content (AvgIpc) is 3.32. The average molecular weight is 622 g/mol. The Labute approximate surface area is 264 Å². The second-order valence-corrected chi connectivity index (χ2v) is 14.2. The molecule has 3 N–H and O–H groups in total. The molecular weight excluding hydrogens is 577 g/mol. The zero-order chi connectivity index (χ0) is 32.7. The summed E-state index contributed by atoms with van der Waals surface area (Å²) in [6.45, 7) is 12.2. The van der Waals surface area contributed by atoms with Gasteiger partial charge in [-0.1, -0.05) is 32.0 Å². The highest BCUT2D eigenvalue weighted by atomic mass is 16.7. The van der Waals surface area contributed by atoms with E-state index in [4.69, 9.17) is 18.8 Å². The third-order valence-electron chi connectivity index (χ3n) is 9.63. The SMILES string of the molecule is COc1c(CC(NC(=O)Cc2cccc(CNC(=O)OC(C)(C)C)n2)B2OC3CC4CC(C4(C)C)C3(C)O2)cccc1C(=O)O. The van der Waals surface area contributed by atoms with E-state index < -0.39 is 36.3 Å². The molecule has 1 aliphatic heterocycles. The summed E-state index contributed by atoms with van der Waals surface area (Å²) in [6, 6.07) is 10.2. The fourth-order valence-corrected chi connectivity index (χ4v) is 7.30. The highest BCUT2D eigenvalue weighted by Crippen LogP contribution is 2.65. The van der Waals surface area contributed by atoms with Crippen molar-refractivity contribution in [1.29, 1.82) is 0 Å². The van der Waals surface area contributed by atoms with Crippen molar-refractivity contribution in [2.75, 3.05) is 7.11 Å². The van der Waals surface area contributed by atoms with Gasteiger partial charge in [0.15, 0.2) is 0 Å². The van der Waals surface area contributed by atoms with Crippen LogP contribution in [0.25, 0.3) is 0 Å². The molecule has 2 aromatic rings. The fourth-order valence-electron chi connectivity index (χ4n) is 7.30. The molecule has 11 nitrogen and oxygen atoms in total. The van der Waals surface area contributed by atoms with Gasteiger partial charge in [-0.05, 0) is 88.0 Å². The number of amides is 2. The van der Waals surface area contributed by atoms with Gasteiger partial charge in [-0.2, -0.15) is 0 Å². The number of rotatable bonds is 10. The van der Waals surface area contributed by atoms with Gasteiger partial charge < -0.3 is 34.5 Å². The van der Waals surface area contributed by atoms with Crippen molar-refractivity contribution < 1.29 is 38.3 Å². The molecule has 2 amide bonds. The van der Waals surface area contributed by atoms with Gasteiger partial charge in [-0.15, -0.1) is 0 Å². The molecule has 1 saturated heterocycles. The van der Waals surface area contributed by atoms with Crippen LogP contribution in [0, 0.1) is 17.3 Å². The Morgan fingerprint density at radius 3 is 2.49 bits per heavy atom. The molecule has 0 radical (unpaired) electrons. The third kappa shape index (κ3) is 6.82. The standard InChI is InChI=1S/C33H44BN3O8/c1-31(2,3)43-30(41)35-18-22-12-9-11-21(36-22)17-27(38)37-26(14-19-10-8-13-23(29(39)40)28(19)42-7)34-44-25-16-20-15-24(32(20,4)5)33(25,6)45-34/h8-13,20,24-26H,14-18H2,1-7H3,(H,35,41)(H,37,38)(H,39,40). The van der Waals surface area contributed by atoms with Crippen LogP contribution in [0.15, 0.2) is 36.4 Å². The van der Waals surface area contributed by atoms with Crippen LogP contribution in [0.4, 0.5) is 4.79 Å². The lowest BCUT2D eigenvalue weighted by atomic mass is 9.43. The molecule has 3 saturated carbocycles. The predicted molar refractivity (Wildman–Crippen MR) is 167 cm³/mol. The van der Waals surface area contributed by atoms with E-state index in [9.17, 15) is 19.5 Å². The van der Waals surface area contributed by atoms with Gasteiger partial charge in [0, 0.05) is 0 Å². The quantitative estimate of drug-likeness (QED) is 0.330. The van der Waals surface area contributed by atoms with Crippen molar-refractivity contribution in [2.24, 2.45) is 17.3 Å². The maximum absolute atomic E-state index is 13.5. The monoisotopic (exact) mass is 621 g/mol. The Hall–Kier alpha value is -3.64. The molecule has 6 rings (SSSR count). The number of benzene rings is 1. The lowest BCUT2D eigenvalue weighted by molar-refractivity contribution is -0.199. The van der Waals surface area contributed by atoms with Crippen molar-refractivity contribution in [1.82, 2.24) is 15.6 Å². The molecular formula is C33H44BN3O8. The molecule has 2 bridgehead atoms. The largest absolute Gasteiger partial charge is 0.496 e. The lowest BCUT2D eigenvalue weighted by Crippen LogP contribution is -2.65. The van der Waals surface area contributed by atoms with Gasteiger partial charge in [0.05, 0.1) is 49.1 Å². The summed E-state index contributed by atoms with van der Waals surface area (Å²) < 4.78 is 24.1. The molecule has 3 aliphatic carbocycles. The van der Waals surface area contributed by atoms with E-state index in [1.54, 1.807) is 51.1 Å². The lowest BCUT2D eigenvalue weighted by Gasteiger charge is -2.64. The van der Waals surface area contributed by atoms with Crippen LogP contribution in [-0.2, 0) is 38.2 Å². The molecule has 2 heterocycles. The number of nitrogens with zero attached hydrogens (tertiary/aromatic N) is 1. The zero-order valence-electron chi connectivity index (χ0n) is 27.1. The summed E-state index contributed by atoms with van der Waals surface area (Å²) in [4.78, 5) is 42.1. The summed E-state index contributed by atoms with van der Waals surface area (Å²) in [5.74, 6) is -0.894. The summed E-state index contributed by atoms with van der Waals surface area (Å²) in [7, 11) is 0.692. The zero-order valence-corrected chi connectivity index (χ0v) is 27.1. The second kappa shape index (κ2) is 12.3. The number of aromatic carboxylic acids is 1. The first-order valence-electron chi connectivity index (χ1n) is 15.5. The van der Waals surface area contributed by atoms with Gasteiger partial charge in [-0.25, -0.2) is 9.59 Å². The van der Waals surface area contributed by atoms with E-state index in [-0.39, 0.29) is 48.1 Å². The summed E-state index contributed by atoms with van der Waals surface area (Å²) in [5.41, 5.74) is 0.804. The number of carbonyl (C=O) groups is 3. The number of hydrogen-bond acceptors (Lipinski definition) is 8. The molecule has 5 unspecified atom stereocenters. The number of methoxy groups -OCH3 is 1. The molecule has 4 fully saturated rings. The number of hydrogen-bond donors (Lipinski definition) is 3. The number of pyridine rings is 1. The Morgan fingerprint density at radius 1 is 1.11 bits per heavy atom. The van der Waals surface area contributed by atoms with Crippen LogP contribution >= 0.6 is 0 Å². The van der Waals surface area contributed by atoms with E-state index >= 15 is 0 Å². The number of nitrogens with one attached hydrogen (secondary N) is 2. The minimum absolute atomic E-state index is 0.0196. The van der Waals surface area contributed by atoms with Crippen LogP contribution < -0.4 is 15.4 Å². The second-order valence-electron chi connectivity index (χ2n) is 14.2. The molecule has 242 valence electrons. The molecule has 0 spiro atoms. The summed E-state index contributed by atoms with van der Waals surface area (Å²) in [5, 5.41) is 15.5. The highest BCUT2D eigenvalue weighted by molar-refractivity contribution is 6.48. The Bertz CT molecular complexity index is 1460. The van der Waals surface area contributed by atoms with Crippen LogP contribution in [0.1, 0.15) is 81.7 Å². The minimum atomic E-state index is -1.10. The van der Waals surface area contributed by atoms with E-state index in [0.717, 1.165) is 12.8 Å². The highest BCUT2D eigenvalue weighted by Gasteiger charge is 2.68. The molecule has 45 heavy (non-hydrogen) atoms. The molecule has 4 aliphatic rings. The summed E-state index contributed by atoms with van der Waals surface area (Å²) >= 11 is 0. The maximum atomic E-state index is 13.5. The first-order valence-corrected chi connectivity index (χ1v) is 15.5. The third-order valence-corrected chi connectivity index (χ3v) is 9.63. The van der Waals surface area contributed by atoms with Crippen molar-refractivity contribution in [2.45, 2.75) is 97.0 Å². The van der Waals surface area contributed by atoms with Gasteiger partial charge in [-0.3, -0.25) is 9.78 Å². The van der Waals surface area contributed by atoms with E-state index in [2.05, 4.69) is 36.4 Å². The first-order chi connectivity index (χ1) is 21.1. The van der Waals surface area contributed by atoms with Crippen molar-refractivity contribution in [3.8, 4) is 5.75 Å². The number of ether oxygens (including phenoxy) is 2. The molecule has 1 aromatic carbocycles. The predicted octanol–water partition coefficient (Wildman–Crippen LogP) is 4.35. The van der Waals surface area contributed by atoms with Crippen LogP contribution in [0.3, 0.4) is 0 Å². The number of carbonyl (C=O) groups excluding carboxylic acids is 2. The number of para-hydroxylation sites is 1. The number of aromatic nitrogens is 1. The Kier molecular flexibility index (Phi) is 8.94. The maximum Gasteiger partial charge on any atom is 0.482 e. The normalized spacial score (nSPS) is 25.4. The van der Waals surface area contributed by atoms with Crippen LogP contribution in [0.5, 0.6) is 5.75 Å². The molecule has 12 heteroatoms. The van der Waals surface area contributed by atoms with Crippen molar-refractivity contribution in [3.05, 3.63) is 58.9 Å². The van der Waals surface area contributed by atoms with Crippen molar-refractivity contribution >= 4 is 25.1 Å². The smallest absolute Gasteiger partial charge is 0.482 e.